The molecule has 7 nitrogen and oxygen atoms in total. The molecule has 3 rings (SSSR count). The minimum atomic E-state index is -0.323. The molecule has 1 aromatic heterocycles. The fraction of sp³-hybridized carbons (Fsp3) is 0.389. The lowest BCUT2D eigenvalue weighted by atomic mass is 10.2. The van der Waals surface area contributed by atoms with E-state index in [-0.39, 0.29) is 12.0 Å². The number of halogens is 1. The van der Waals surface area contributed by atoms with Gasteiger partial charge in [-0.3, -0.25) is 4.79 Å². The summed E-state index contributed by atoms with van der Waals surface area (Å²) in [5, 5.41) is 6.49. The summed E-state index contributed by atoms with van der Waals surface area (Å²) in [7, 11) is 1.52. The van der Waals surface area contributed by atoms with Crippen LogP contribution in [0.2, 0.25) is 5.02 Å². The van der Waals surface area contributed by atoms with Crippen molar-refractivity contribution < 1.29 is 14.3 Å². The Morgan fingerprint density at radius 2 is 2.15 bits per heavy atom. The molecule has 1 aliphatic rings. The summed E-state index contributed by atoms with van der Waals surface area (Å²) in [6.07, 6.45) is 5.28. The van der Waals surface area contributed by atoms with Gasteiger partial charge in [0.15, 0.2) is 0 Å². The van der Waals surface area contributed by atoms with Gasteiger partial charge in [0.1, 0.15) is 5.75 Å². The number of carbonyl (C=O) groups excluding carboxylic acids is 1. The lowest BCUT2D eigenvalue weighted by molar-refractivity contribution is 0.102. The highest BCUT2D eigenvalue weighted by atomic mass is 35.5. The SMILES string of the molecule is COc1cc(Cl)c(C)cc1NC(=O)c1cnc(NCC2CCCO2)nc1. The van der Waals surface area contributed by atoms with E-state index in [1.54, 1.807) is 12.1 Å². The Hall–Kier alpha value is -2.38. The number of anilines is 2. The van der Waals surface area contributed by atoms with Crippen LogP contribution in [0.4, 0.5) is 11.6 Å². The molecule has 0 bridgehead atoms. The quantitative estimate of drug-likeness (QED) is 0.804. The van der Waals surface area contributed by atoms with Gasteiger partial charge in [-0.05, 0) is 31.4 Å². The number of benzene rings is 1. The third-order valence-corrected chi connectivity index (χ3v) is 4.56. The number of carbonyl (C=O) groups is 1. The summed E-state index contributed by atoms with van der Waals surface area (Å²) in [6.45, 7) is 3.32. The summed E-state index contributed by atoms with van der Waals surface area (Å²) < 4.78 is 10.8. The first-order chi connectivity index (χ1) is 12.6. The molecule has 0 aliphatic carbocycles. The average Bonchev–Trinajstić information content (AvgIpc) is 3.17. The largest absolute Gasteiger partial charge is 0.495 e. The lowest BCUT2D eigenvalue weighted by Gasteiger charge is -2.13. The van der Waals surface area contributed by atoms with Crippen molar-refractivity contribution in [1.82, 2.24) is 9.97 Å². The van der Waals surface area contributed by atoms with Crippen molar-refractivity contribution >= 4 is 29.1 Å². The maximum Gasteiger partial charge on any atom is 0.258 e. The molecule has 1 atom stereocenters. The maximum atomic E-state index is 12.4. The average molecular weight is 377 g/mol. The van der Waals surface area contributed by atoms with Crippen molar-refractivity contribution in [2.24, 2.45) is 0 Å². The Bertz CT molecular complexity index is 777. The zero-order valence-corrected chi connectivity index (χ0v) is 15.5. The maximum absolute atomic E-state index is 12.4. The van der Waals surface area contributed by atoms with Crippen LogP contribution < -0.4 is 15.4 Å². The Kier molecular flexibility index (Phi) is 5.90. The van der Waals surface area contributed by atoms with Crippen molar-refractivity contribution in [2.45, 2.75) is 25.9 Å². The highest BCUT2D eigenvalue weighted by Gasteiger charge is 2.16. The van der Waals surface area contributed by atoms with Gasteiger partial charge < -0.3 is 20.1 Å². The number of hydrogen-bond donors (Lipinski definition) is 2. The normalized spacial score (nSPS) is 16.3. The van der Waals surface area contributed by atoms with Gasteiger partial charge in [0, 0.05) is 36.6 Å². The summed E-state index contributed by atoms with van der Waals surface area (Å²) in [6, 6.07) is 3.43. The molecule has 1 unspecified atom stereocenters. The van der Waals surface area contributed by atoms with Crippen molar-refractivity contribution in [3.8, 4) is 5.75 Å². The van der Waals surface area contributed by atoms with Gasteiger partial charge in [0.05, 0.1) is 24.5 Å². The van der Waals surface area contributed by atoms with Gasteiger partial charge in [0.25, 0.3) is 5.91 Å². The van der Waals surface area contributed by atoms with Gasteiger partial charge in [-0.25, -0.2) is 9.97 Å². The number of methoxy groups -OCH3 is 1. The van der Waals surface area contributed by atoms with E-state index in [0.717, 1.165) is 25.0 Å². The molecular formula is C18H21ClN4O3. The minimum absolute atomic E-state index is 0.196. The monoisotopic (exact) mass is 376 g/mol. The molecule has 2 heterocycles. The molecule has 1 aromatic carbocycles. The summed E-state index contributed by atoms with van der Waals surface area (Å²) >= 11 is 6.08. The molecule has 0 saturated carbocycles. The Balaban J connectivity index is 1.63. The van der Waals surface area contributed by atoms with Crippen LogP contribution in [0.3, 0.4) is 0 Å². The smallest absolute Gasteiger partial charge is 0.258 e. The number of rotatable bonds is 6. The first-order valence-electron chi connectivity index (χ1n) is 8.40. The van der Waals surface area contributed by atoms with Crippen LogP contribution >= 0.6 is 11.6 Å². The third kappa shape index (κ3) is 4.42. The zero-order valence-electron chi connectivity index (χ0n) is 14.7. The first-order valence-corrected chi connectivity index (χ1v) is 8.77. The van der Waals surface area contributed by atoms with Crippen molar-refractivity contribution in [1.29, 1.82) is 0 Å². The molecular weight excluding hydrogens is 356 g/mol. The number of amides is 1. The summed E-state index contributed by atoms with van der Waals surface area (Å²) in [5.41, 5.74) is 1.73. The highest BCUT2D eigenvalue weighted by molar-refractivity contribution is 6.31. The number of aromatic nitrogens is 2. The van der Waals surface area contributed by atoms with Crippen molar-refractivity contribution in [3.05, 3.63) is 40.7 Å². The molecule has 26 heavy (non-hydrogen) atoms. The van der Waals surface area contributed by atoms with E-state index in [0.29, 0.717) is 34.5 Å². The molecule has 0 radical (unpaired) electrons. The van der Waals surface area contributed by atoms with Crippen LogP contribution in [0, 0.1) is 6.92 Å². The fourth-order valence-corrected chi connectivity index (χ4v) is 2.82. The van der Waals surface area contributed by atoms with E-state index in [9.17, 15) is 4.79 Å². The second kappa shape index (κ2) is 8.33. The lowest BCUT2D eigenvalue weighted by Crippen LogP contribution is -2.20. The predicted octanol–water partition coefficient (Wildman–Crippen LogP) is 3.29. The second-order valence-electron chi connectivity index (χ2n) is 6.07. The van der Waals surface area contributed by atoms with Gasteiger partial charge in [-0.2, -0.15) is 0 Å². The van der Waals surface area contributed by atoms with Crippen LogP contribution in [0.25, 0.3) is 0 Å². The van der Waals surface area contributed by atoms with E-state index in [1.807, 2.05) is 6.92 Å². The van der Waals surface area contributed by atoms with E-state index < -0.39 is 0 Å². The molecule has 8 heteroatoms. The van der Waals surface area contributed by atoms with Crippen LogP contribution in [0.1, 0.15) is 28.8 Å². The van der Waals surface area contributed by atoms with E-state index in [2.05, 4.69) is 20.6 Å². The molecule has 1 saturated heterocycles. The van der Waals surface area contributed by atoms with E-state index in [1.165, 1.54) is 19.5 Å². The first kappa shape index (κ1) is 18.4. The molecule has 0 spiro atoms. The van der Waals surface area contributed by atoms with Gasteiger partial charge in [0.2, 0.25) is 5.95 Å². The van der Waals surface area contributed by atoms with Crippen molar-refractivity contribution in [3.63, 3.8) is 0 Å². The molecule has 1 aliphatic heterocycles. The number of nitrogens with zero attached hydrogens (tertiary/aromatic N) is 2. The molecule has 2 aromatic rings. The van der Waals surface area contributed by atoms with Crippen LogP contribution in [0.15, 0.2) is 24.5 Å². The minimum Gasteiger partial charge on any atom is -0.495 e. The van der Waals surface area contributed by atoms with Crippen LogP contribution in [0.5, 0.6) is 5.75 Å². The molecule has 1 fully saturated rings. The van der Waals surface area contributed by atoms with Crippen LogP contribution in [-0.4, -0.2) is 42.2 Å². The van der Waals surface area contributed by atoms with Crippen molar-refractivity contribution in [2.75, 3.05) is 30.9 Å². The highest BCUT2D eigenvalue weighted by Crippen LogP contribution is 2.31. The third-order valence-electron chi connectivity index (χ3n) is 4.15. The van der Waals surface area contributed by atoms with E-state index >= 15 is 0 Å². The standard InChI is InChI=1S/C18H21ClN4O3/c1-11-6-15(16(25-2)7-14(11)19)23-17(24)12-8-20-18(21-9-12)22-10-13-4-3-5-26-13/h6-9,13H,3-5,10H2,1-2H3,(H,23,24)(H,20,21,22). The second-order valence-corrected chi connectivity index (χ2v) is 6.47. The Morgan fingerprint density at radius 3 is 2.81 bits per heavy atom. The number of ether oxygens (including phenoxy) is 2. The number of aryl methyl sites for hydroxylation is 1. The van der Waals surface area contributed by atoms with Gasteiger partial charge in [-0.15, -0.1) is 0 Å². The van der Waals surface area contributed by atoms with Gasteiger partial charge >= 0.3 is 0 Å². The topological polar surface area (TPSA) is 85.4 Å². The number of hydrogen-bond acceptors (Lipinski definition) is 6. The molecule has 1 amide bonds. The Morgan fingerprint density at radius 1 is 1.38 bits per heavy atom. The number of nitrogens with one attached hydrogen (secondary N) is 2. The predicted molar refractivity (Wildman–Crippen MR) is 100 cm³/mol. The zero-order chi connectivity index (χ0) is 18.5. The Labute approximate surface area is 157 Å². The summed E-state index contributed by atoms with van der Waals surface area (Å²) in [5.74, 6) is 0.636. The molecule has 2 N–H and O–H groups in total. The molecule has 138 valence electrons. The van der Waals surface area contributed by atoms with Crippen LogP contribution in [-0.2, 0) is 4.74 Å². The fourth-order valence-electron chi connectivity index (χ4n) is 2.67. The van der Waals surface area contributed by atoms with Gasteiger partial charge in [-0.1, -0.05) is 11.6 Å². The summed E-state index contributed by atoms with van der Waals surface area (Å²) in [4.78, 5) is 20.8. The van der Waals surface area contributed by atoms with E-state index in [4.69, 9.17) is 21.1 Å².